The van der Waals surface area contributed by atoms with Gasteiger partial charge in [-0.05, 0) is 30.5 Å². The van der Waals surface area contributed by atoms with Gasteiger partial charge in [0.15, 0.2) is 0 Å². The second kappa shape index (κ2) is 4.21. The molecule has 0 aliphatic carbocycles. The van der Waals surface area contributed by atoms with Crippen LogP contribution in [0, 0.1) is 6.92 Å². The molecule has 1 rings (SSSR count). The maximum atomic E-state index is 5.98. The van der Waals surface area contributed by atoms with Gasteiger partial charge in [0.1, 0.15) is 0 Å². The quantitative estimate of drug-likeness (QED) is 0.743. The van der Waals surface area contributed by atoms with Gasteiger partial charge in [-0.1, -0.05) is 13.3 Å². The molecule has 0 aliphatic rings. The SMILES string of the molecule is CCCC(N)c1ccncc1C. The summed E-state index contributed by atoms with van der Waals surface area (Å²) in [5.74, 6) is 0. The normalized spacial score (nSPS) is 12.9. The summed E-state index contributed by atoms with van der Waals surface area (Å²) < 4.78 is 0. The van der Waals surface area contributed by atoms with Gasteiger partial charge in [0.2, 0.25) is 0 Å². The van der Waals surface area contributed by atoms with Crippen LogP contribution in [0.15, 0.2) is 18.5 Å². The summed E-state index contributed by atoms with van der Waals surface area (Å²) in [5.41, 5.74) is 8.40. The average Bonchev–Trinajstić information content (AvgIpc) is 2.05. The number of aromatic nitrogens is 1. The van der Waals surface area contributed by atoms with Crippen molar-refractivity contribution >= 4 is 0 Å². The highest BCUT2D eigenvalue weighted by Gasteiger charge is 2.06. The van der Waals surface area contributed by atoms with Crippen LogP contribution in [0.5, 0.6) is 0 Å². The number of nitrogens with two attached hydrogens (primary N) is 1. The average molecular weight is 164 g/mol. The molecule has 2 N–H and O–H groups in total. The van der Waals surface area contributed by atoms with Crippen molar-refractivity contribution in [2.24, 2.45) is 5.73 Å². The van der Waals surface area contributed by atoms with E-state index in [0.717, 1.165) is 12.8 Å². The molecule has 1 heterocycles. The van der Waals surface area contributed by atoms with Gasteiger partial charge in [-0.15, -0.1) is 0 Å². The van der Waals surface area contributed by atoms with Crippen LogP contribution in [0.25, 0.3) is 0 Å². The van der Waals surface area contributed by atoms with E-state index in [0.29, 0.717) is 0 Å². The topological polar surface area (TPSA) is 38.9 Å². The second-order valence-corrected chi connectivity index (χ2v) is 3.13. The zero-order valence-electron chi connectivity index (χ0n) is 7.75. The first-order chi connectivity index (χ1) is 5.75. The van der Waals surface area contributed by atoms with Crippen molar-refractivity contribution in [3.05, 3.63) is 29.6 Å². The molecule has 0 spiro atoms. The van der Waals surface area contributed by atoms with Crippen molar-refractivity contribution in [3.8, 4) is 0 Å². The summed E-state index contributed by atoms with van der Waals surface area (Å²) in [6.07, 6.45) is 5.84. The molecule has 0 aromatic carbocycles. The fourth-order valence-corrected chi connectivity index (χ4v) is 1.37. The molecular formula is C10H16N2. The number of hydrogen-bond donors (Lipinski definition) is 1. The maximum Gasteiger partial charge on any atom is 0.0300 e. The zero-order valence-corrected chi connectivity index (χ0v) is 7.75. The van der Waals surface area contributed by atoms with Gasteiger partial charge in [-0.2, -0.15) is 0 Å². The Hall–Kier alpha value is -0.890. The lowest BCUT2D eigenvalue weighted by molar-refractivity contribution is 0.634. The third-order valence-corrected chi connectivity index (χ3v) is 2.06. The third kappa shape index (κ3) is 2.05. The molecule has 1 unspecified atom stereocenters. The fraction of sp³-hybridized carbons (Fsp3) is 0.500. The van der Waals surface area contributed by atoms with Crippen LogP contribution in [-0.2, 0) is 0 Å². The Bertz CT molecular complexity index is 245. The van der Waals surface area contributed by atoms with E-state index in [9.17, 15) is 0 Å². The highest BCUT2D eigenvalue weighted by atomic mass is 14.7. The first-order valence-corrected chi connectivity index (χ1v) is 4.41. The molecular weight excluding hydrogens is 148 g/mol. The number of nitrogens with zero attached hydrogens (tertiary/aromatic N) is 1. The molecule has 1 aromatic heterocycles. The van der Waals surface area contributed by atoms with Gasteiger partial charge >= 0.3 is 0 Å². The van der Waals surface area contributed by atoms with Crippen molar-refractivity contribution in [1.29, 1.82) is 0 Å². The van der Waals surface area contributed by atoms with Gasteiger partial charge in [0, 0.05) is 18.4 Å². The first kappa shape index (κ1) is 9.20. The minimum Gasteiger partial charge on any atom is -0.324 e. The lowest BCUT2D eigenvalue weighted by Crippen LogP contribution is -2.11. The predicted molar refractivity (Wildman–Crippen MR) is 50.8 cm³/mol. The van der Waals surface area contributed by atoms with Gasteiger partial charge in [0.05, 0.1) is 0 Å². The van der Waals surface area contributed by atoms with E-state index in [4.69, 9.17) is 5.73 Å². The van der Waals surface area contributed by atoms with E-state index in [1.165, 1.54) is 11.1 Å². The number of aryl methyl sites for hydroxylation is 1. The van der Waals surface area contributed by atoms with Gasteiger partial charge < -0.3 is 5.73 Å². The Morgan fingerprint density at radius 1 is 1.58 bits per heavy atom. The maximum absolute atomic E-state index is 5.98. The second-order valence-electron chi connectivity index (χ2n) is 3.13. The van der Waals surface area contributed by atoms with Crippen molar-refractivity contribution in [2.75, 3.05) is 0 Å². The number of rotatable bonds is 3. The van der Waals surface area contributed by atoms with E-state index >= 15 is 0 Å². The smallest absolute Gasteiger partial charge is 0.0300 e. The van der Waals surface area contributed by atoms with E-state index < -0.39 is 0 Å². The standard InChI is InChI=1S/C10H16N2/c1-3-4-10(11)9-5-6-12-7-8(9)2/h5-7,10H,3-4,11H2,1-2H3. The summed E-state index contributed by atoms with van der Waals surface area (Å²) in [5, 5.41) is 0. The molecule has 1 aromatic rings. The molecule has 12 heavy (non-hydrogen) atoms. The monoisotopic (exact) mass is 164 g/mol. The Kier molecular flexibility index (Phi) is 3.23. The summed E-state index contributed by atoms with van der Waals surface area (Å²) in [7, 11) is 0. The Balaban J connectivity index is 2.79. The highest BCUT2D eigenvalue weighted by molar-refractivity contribution is 5.24. The van der Waals surface area contributed by atoms with Crippen LogP contribution in [-0.4, -0.2) is 4.98 Å². The minimum atomic E-state index is 0.179. The summed E-state index contributed by atoms with van der Waals surface area (Å²) in [6.45, 7) is 4.20. The van der Waals surface area contributed by atoms with Crippen molar-refractivity contribution in [2.45, 2.75) is 32.7 Å². The van der Waals surface area contributed by atoms with Crippen LogP contribution in [0.1, 0.15) is 36.9 Å². The van der Waals surface area contributed by atoms with Crippen LogP contribution in [0.2, 0.25) is 0 Å². The Labute approximate surface area is 73.8 Å². The third-order valence-electron chi connectivity index (χ3n) is 2.06. The van der Waals surface area contributed by atoms with E-state index in [2.05, 4.69) is 18.8 Å². The number of hydrogen-bond acceptors (Lipinski definition) is 2. The highest BCUT2D eigenvalue weighted by Crippen LogP contribution is 2.17. The first-order valence-electron chi connectivity index (χ1n) is 4.41. The molecule has 0 aliphatic heterocycles. The largest absolute Gasteiger partial charge is 0.324 e. The Morgan fingerprint density at radius 2 is 2.33 bits per heavy atom. The van der Waals surface area contributed by atoms with Gasteiger partial charge in [-0.25, -0.2) is 0 Å². The molecule has 0 saturated heterocycles. The Morgan fingerprint density at radius 3 is 2.92 bits per heavy atom. The molecule has 2 nitrogen and oxygen atoms in total. The predicted octanol–water partition coefficient (Wildman–Crippen LogP) is 2.19. The van der Waals surface area contributed by atoms with Crippen LogP contribution in [0.3, 0.4) is 0 Å². The molecule has 0 saturated carbocycles. The van der Waals surface area contributed by atoms with E-state index in [1.807, 2.05) is 12.3 Å². The zero-order chi connectivity index (χ0) is 8.97. The van der Waals surface area contributed by atoms with E-state index in [-0.39, 0.29) is 6.04 Å². The summed E-state index contributed by atoms with van der Waals surface area (Å²) >= 11 is 0. The minimum absolute atomic E-state index is 0.179. The van der Waals surface area contributed by atoms with E-state index in [1.54, 1.807) is 6.20 Å². The van der Waals surface area contributed by atoms with Crippen molar-refractivity contribution < 1.29 is 0 Å². The van der Waals surface area contributed by atoms with Crippen LogP contribution in [0.4, 0.5) is 0 Å². The summed E-state index contributed by atoms with van der Waals surface area (Å²) in [4.78, 5) is 4.03. The lowest BCUT2D eigenvalue weighted by atomic mass is 10.0. The molecule has 0 amide bonds. The molecule has 0 fully saturated rings. The van der Waals surface area contributed by atoms with Gasteiger partial charge in [0.25, 0.3) is 0 Å². The van der Waals surface area contributed by atoms with Gasteiger partial charge in [-0.3, -0.25) is 4.98 Å². The van der Waals surface area contributed by atoms with Crippen molar-refractivity contribution in [3.63, 3.8) is 0 Å². The molecule has 1 atom stereocenters. The fourth-order valence-electron chi connectivity index (χ4n) is 1.37. The van der Waals surface area contributed by atoms with Crippen LogP contribution < -0.4 is 5.73 Å². The van der Waals surface area contributed by atoms with Crippen molar-refractivity contribution in [1.82, 2.24) is 4.98 Å². The number of pyridine rings is 1. The summed E-state index contributed by atoms with van der Waals surface area (Å²) in [6, 6.07) is 2.19. The lowest BCUT2D eigenvalue weighted by Gasteiger charge is -2.12. The molecule has 2 heteroatoms. The molecule has 66 valence electrons. The molecule has 0 bridgehead atoms. The molecule has 0 radical (unpaired) electrons. The van der Waals surface area contributed by atoms with Crippen LogP contribution >= 0.6 is 0 Å².